The molecule has 108 valence electrons. The average Bonchev–Trinajstić information content (AvgIpc) is 3.01. The zero-order valence-electron chi connectivity index (χ0n) is 12.2. The maximum absolute atomic E-state index is 5.35. The third kappa shape index (κ3) is 3.33. The number of furan rings is 1. The molecule has 0 radical (unpaired) electrons. The second-order valence-electron chi connectivity index (χ2n) is 4.59. The van der Waals surface area contributed by atoms with E-state index in [9.17, 15) is 0 Å². The van der Waals surface area contributed by atoms with Crippen molar-refractivity contribution in [3.8, 4) is 11.5 Å². The van der Waals surface area contributed by atoms with Crippen molar-refractivity contribution in [2.75, 3.05) is 14.2 Å². The Morgan fingerprint density at radius 3 is 2.55 bits per heavy atom. The Hall–Kier alpha value is -1.94. The van der Waals surface area contributed by atoms with Gasteiger partial charge in [0.2, 0.25) is 0 Å². The molecule has 0 amide bonds. The molecule has 2 rings (SSSR count). The van der Waals surface area contributed by atoms with Gasteiger partial charge in [0.05, 0.1) is 26.7 Å². The minimum Gasteiger partial charge on any atom is -0.493 e. The molecule has 20 heavy (non-hydrogen) atoms. The lowest BCUT2D eigenvalue weighted by atomic mass is 10.0. The Morgan fingerprint density at radius 2 is 1.95 bits per heavy atom. The molecule has 1 unspecified atom stereocenters. The Labute approximate surface area is 119 Å². The predicted molar refractivity (Wildman–Crippen MR) is 78.1 cm³/mol. The molecule has 0 saturated heterocycles. The van der Waals surface area contributed by atoms with Gasteiger partial charge in [-0.25, -0.2) is 0 Å². The SMILES string of the molecule is CCC(NCc1ccoc1)c1ccc(OC)c(OC)c1. The summed E-state index contributed by atoms with van der Waals surface area (Å²) in [5.41, 5.74) is 2.33. The van der Waals surface area contributed by atoms with Gasteiger partial charge in [0.25, 0.3) is 0 Å². The van der Waals surface area contributed by atoms with Gasteiger partial charge in [-0.1, -0.05) is 13.0 Å². The zero-order chi connectivity index (χ0) is 14.4. The van der Waals surface area contributed by atoms with Gasteiger partial charge < -0.3 is 19.2 Å². The van der Waals surface area contributed by atoms with Crippen LogP contribution < -0.4 is 14.8 Å². The van der Waals surface area contributed by atoms with Gasteiger partial charge in [-0.2, -0.15) is 0 Å². The highest BCUT2D eigenvalue weighted by molar-refractivity contribution is 5.43. The average molecular weight is 275 g/mol. The van der Waals surface area contributed by atoms with Crippen molar-refractivity contribution in [3.63, 3.8) is 0 Å². The summed E-state index contributed by atoms with van der Waals surface area (Å²) in [6, 6.07) is 8.27. The van der Waals surface area contributed by atoms with Crippen LogP contribution in [-0.2, 0) is 6.54 Å². The Bertz CT molecular complexity index is 523. The quantitative estimate of drug-likeness (QED) is 0.839. The summed E-state index contributed by atoms with van der Waals surface area (Å²) in [5.74, 6) is 1.51. The van der Waals surface area contributed by atoms with E-state index in [2.05, 4.69) is 18.3 Å². The van der Waals surface area contributed by atoms with Crippen molar-refractivity contribution in [3.05, 3.63) is 47.9 Å². The lowest BCUT2D eigenvalue weighted by molar-refractivity contribution is 0.353. The van der Waals surface area contributed by atoms with E-state index < -0.39 is 0 Å². The second kappa shape index (κ2) is 7.01. The van der Waals surface area contributed by atoms with E-state index in [1.807, 2.05) is 18.2 Å². The first-order valence-corrected chi connectivity index (χ1v) is 6.74. The van der Waals surface area contributed by atoms with E-state index in [0.29, 0.717) is 0 Å². The third-order valence-electron chi connectivity index (χ3n) is 3.35. The molecule has 1 atom stereocenters. The van der Waals surface area contributed by atoms with Gasteiger partial charge in [-0.15, -0.1) is 0 Å². The molecule has 1 aromatic carbocycles. The Morgan fingerprint density at radius 1 is 1.15 bits per heavy atom. The summed E-state index contributed by atoms with van der Waals surface area (Å²) in [4.78, 5) is 0. The Kier molecular flexibility index (Phi) is 5.07. The molecule has 0 bridgehead atoms. The van der Waals surface area contributed by atoms with E-state index in [0.717, 1.165) is 30.0 Å². The second-order valence-corrected chi connectivity index (χ2v) is 4.59. The first-order valence-electron chi connectivity index (χ1n) is 6.74. The van der Waals surface area contributed by atoms with Crippen LogP contribution in [0.15, 0.2) is 41.2 Å². The molecule has 0 aliphatic rings. The topological polar surface area (TPSA) is 43.6 Å². The molecular formula is C16H21NO3. The minimum atomic E-state index is 0.268. The maximum Gasteiger partial charge on any atom is 0.161 e. The number of nitrogens with one attached hydrogen (secondary N) is 1. The van der Waals surface area contributed by atoms with Crippen molar-refractivity contribution < 1.29 is 13.9 Å². The number of benzene rings is 1. The van der Waals surface area contributed by atoms with E-state index in [1.54, 1.807) is 26.7 Å². The van der Waals surface area contributed by atoms with Gasteiger partial charge in [-0.05, 0) is 30.2 Å². The molecule has 2 aromatic rings. The number of methoxy groups -OCH3 is 2. The normalized spacial score (nSPS) is 12.2. The van der Waals surface area contributed by atoms with Crippen LogP contribution >= 0.6 is 0 Å². The summed E-state index contributed by atoms with van der Waals surface area (Å²) < 4.78 is 15.7. The highest BCUT2D eigenvalue weighted by Gasteiger charge is 2.12. The number of hydrogen-bond donors (Lipinski definition) is 1. The summed E-state index contributed by atoms with van der Waals surface area (Å²) in [5, 5.41) is 3.52. The van der Waals surface area contributed by atoms with Gasteiger partial charge in [0.1, 0.15) is 0 Å². The van der Waals surface area contributed by atoms with Crippen molar-refractivity contribution in [2.45, 2.75) is 25.9 Å². The molecular weight excluding hydrogens is 254 g/mol. The predicted octanol–water partition coefficient (Wildman–Crippen LogP) is 3.54. The van der Waals surface area contributed by atoms with Crippen LogP contribution in [0.5, 0.6) is 11.5 Å². The Balaban J connectivity index is 2.10. The number of ether oxygens (including phenoxy) is 2. The van der Waals surface area contributed by atoms with Crippen molar-refractivity contribution >= 4 is 0 Å². The molecule has 1 heterocycles. The number of hydrogen-bond acceptors (Lipinski definition) is 4. The largest absolute Gasteiger partial charge is 0.493 e. The molecule has 0 saturated carbocycles. The van der Waals surface area contributed by atoms with Crippen molar-refractivity contribution in [1.29, 1.82) is 0 Å². The standard InChI is InChI=1S/C16H21NO3/c1-4-14(17-10-12-7-8-20-11-12)13-5-6-15(18-2)16(9-13)19-3/h5-9,11,14,17H,4,10H2,1-3H3. The highest BCUT2D eigenvalue weighted by Crippen LogP contribution is 2.30. The molecule has 4 heteroatoms. The van der Waals surface area contributed by atoms with E-state index in [1.165, 1.54) is 5.56 Å². The first-order chi connectivity index (χ1) is 9.78. The molecule has 4 nitrogen and oxygen atoms in total. The van der Waals surface area contributed by atoms with E-state index in [4.69, 9.17) is 13.9 Å². The van der Waals surface area contributed by atoms with Gasteiger partial charge >= 0.3 is 0 Å². The maximum atomic E-state index is 5.35. The van der Waals surface area contributed by atoms with Gasteiger partial charge in [0.15, 0.2) is 11.5 Å². The summed E-state index contributed by atoms with van der Waals surface area (Å²) in [6.07, 6.45) is 4.44. The van der Waals surface area contributed by atoms with Crippen LogP contribution in [0.4, 0.5) is 0 Å². The summed E-state index contributed by atoms with van der Waals surface area (Å²) in [6.45, 7) is 2.94. The fraction of sp³-hybridized carbons (Fsp3) is 0.375. The fourth-order valence-corrected chi connectivity index (χ4v) is 2.20. The lowest BCUT2D eigenvalue weighted by Crippen LogP contribution is -2.20. The molecule has 1 N–H and O–H groups in total. The monoisotopic (exact) mass is 275 g/mol. The number of rotatable bonds is 7. The minimum absolute atomic E-state index is 0.268. The molecule has 0 spiro atoms. The molecule has 0 aliphatic heterocycles. The molecule has 1 aromatic heterocycles. The van der Waals surface area contributed by atoms with E-state index >= 15 is 0 Å². The summed E-state index contributed by atoms with van der Waals surface area (Å²) in [7, 11) is 3.30. The molecule has 0 fully saturated rings. The lowest BCUT2D eigenvalue weighted by Gasteiger charge is -2.18. The van der Waals surface area contributed by atoms with Crippen molar-refractivity contribution in [1.82, 2.24) is 5.32 Å². The van der Waals surface area contributed by atoms with Crippen LogP contribution in [0.2, 0.25) is 0 Å². The zero-order valence-corrected chi connectivity index (χ0v) is 12.2. The fourth-order valence-electron chi connectivity index (χ4n) is 2.20. The highest BCUT2D eigenvalue weighted by atomic mass is 16.5. The van der Waals surface area contributed by atoms with Gasteiger partial charge in [0, 0.05) is 18.2 Å². The third-order valence-corrected chi connectivity index (χ3v) is 3.35. The van der Waals surface area contributed by atoms with Gasteiger partial charge in [-0.3, -0.25) is 0 Å². The smallest absolute Gasteiger partial charge is 0.161 e. The van der Waals surface area contributed by atoms with Crippen LogP contribution in [0, 0.1) is 0 Å². The van der Waals surface area contributed by atoms with Crippen LogP contribution in [0.1, 0.15) is 30.5 Å². The molecule has 0 aliphatic carbocycles. The summed E-state index contributed by atoms with van der Waals surface area (Å²) >= 11 is 0. The van der Waals surface area contributed by atoms with Crippen LogP contribution in [0.25, 0.3) is 0 Å². The van der Waals surface area contributed by atoms with E-state index in [-0.39, 0.29) is 6.04 Å². The van der Waals surface area contributed by atoms with Crippen molar-refractivity contribution in [2.24, 2.45) is 0 Å². The first kappa shape index (κ1) is 14.5. The van der Waals surface area contributed by atoms with Crippen LogP contribution in [0.3, 0.4) is 0 Å². The van der Waals surface area contributed by atoms with Crippen LogP contribution in [-0.4, -0.2) is 14.2 Å².